The Morgan fingerprint density at radius 2 is 2.12 bits per heavy atom. The molecule has 4 nitrogen and oxygen atoms in total. The van der Waals surface area contributed by atoms with E-state index in [1.54, 1.807) is 0 Å². The SMILES string of the molecule is CN(CCN1CCCC1)C(=O)[C@@H]1CCCN1. The Balaban J connectivity index is 1.69. The van der Waals surface area contributed by atoms with E-state index in [-0.39, 0.29) is 11.9 Å². The van der Waals surface area contributed by atoms with Crippen LogP contribution in [0, 0.1) is 0 Å². The van der Waals surface area contributed by atoms with Crippen molar-refractivity contribution in [2.24, 2.45) is 0 Å². The summed E-state index contributed by atoms with van der Waals surface area (Å²) in [6.07, 6.45) is 4.78. The highest BCUT2D eigenvalue weighted by molar-refractivity contribution is 5.81. The average molecular weight is 225 g/mol. The molecule has 2 saturated heterocycles. The first-order valence-electron chi connectivity index (χ1n) is 6.48. The molecule has 0 spiro atoms. The molecule has 1 N–H and O–H groups in total. The van der Waals surface area contributed by atoms with Crippen molar-refractivity contribution in [1.82, 2.24) is 15.1 Å². The third kappa shape index (κ3) is 2.95. The fraction of sp³-hybridized carbons (Fsp3) is 0.917. The first kappa shape index (κ1) is 11.9. The van der Waals surface area contributed by atoms with Gasteiger partial charge in [-0.2, -0.15) is 0 Å². The maximum atomic E-state index is 12.0. The van der Waals surface area contributed by atoms with Crippen molar-refractivity contribution in [1.29, 1.82) is 0 Å². The number of hydrogen-bond donors (Lipinski definition) is 1. The summed E-state index contributed by atoms with van der Waals surface area (Å²) in [6, 6.07) is 0.0866. The van der Waals surface area contributed by atoms with Crippen LogP contribution in [0.2, 0.25) is 0 Å². The summed E-state index contributed by atoms with van der Waals surface area (Å²) in [4.78, 5) is 16.3. The van der Waals surface area contributed by atoms with Crippen LogP contribution in [0.25, 0.3) is 0 Å². The van der Waals surface area contributed by atoms with E-state index in [1.165, 1.54) is 25.9 Å². The Hall–Kier alpha value is -0.610. The summed E-state index contributed by atoms with van der Waals surface area (Å²) < 4.78 is 0. The molecular weight excluding hydrogens is 202 g/mol. The van der Waals surface area contributed by atoms with E-state index in [9.17, 15) is 4.79 Å². The van der Waals surface area contributed by atoms with Gasteiger partial charge in [0, 0.05) is 20.1 Å². The molecule has 0 aromatic heterocycles. The highest BCUT2D eigenvalue weighted by Gasteiger charge is 2.25. The van der Waals surface area contributed by atoms with Crippen LogP contribution in [0.15, 0.2) is 0 Å². The van der Waals surface area contributed by atoms with E-state index in [0.717, 1.165) is 32.5 Å². The number of likely N-dealkylation sites (tertiary alicyclic amines) is 1. The van der Waals surface area contributed by atoms with Crippen LogP contribution in [0.5, 0.6) is 0 Å². The van der Waals surface area contributed by atoms with E-state index < -0.39 is 0 Å². The number of nitrogens with one attached hydrogen (secondary N) is 1. The summed E-state index contributed by atoms with van der Waals surface area (Å²) >= 11 is 0. The lowest BCUT2D eigenvalue weighted by Gasteiger charge is -2.24. The number of likely N-dealkylation sites (N-methyl/N-ethyl adjacent to an activating group) is 1. The number of rotatable bonds is 4. The largest absolute Gasteiger partial charge is 0.343 e. The lowest BCUT2D eigenvalue weighted by atomic mass is 10.2. The van der Waals surface area contributed by atoms with Gasteiger partial charge in [0.2, 0.25) is 5.91 Å². The number of carbonyl (C=O) groups excluding carboxylic acids is 1. The monoisotopic (exact) mass is 225 g/mol. The molecule has 2 aliphatic rings. The molecule has 1 atom stereocenters. The highest BCUT2D eigenvalue weighted by atomic mass is 16.2. The van der Waals surface area contributed by atoms with E-state index in [1.807, 2.05) is 11.9 Å². The van der Waals surface area contributed by atoms with Crippen molar-refractivity contribution in [2.45, 2.75) is 31.7 Å². The van der Waals surface area contributed by atoms with Crippen LogP contribution >= 0.6 is 0 Å². The fourth-order valence-corrected chi connectivity index (χ4v) is 2.57. The van der Waals surface area contributed by atoms with E-state index in [2.05, 4.69) is 10.2 Å². The average Bonchev–Trinajstić information content (AvgIpc) is 2.96. The number of carbonyl (C=O) groups is 1. The van der Waals surface area contributed by atoms with Crippen LogP contribution in [0.1, 0.15) is 25.7 Å². The second kappa shape index (κ2) is 5.64. The van der Waals surface area contributed by atoms with E-state index in [0.29, 0.717) is 0 Å². The zero-order valence-corrected chi connectivity index (χ0v) is 10.2. The Bertz CT molecular complexity index is 232. The topological polar surface area (TPSA) is 35.6 Å². The Morgan fingerprint density at radius 3 is 2.75 bits per heavy atom. The molecule has 1 amide bonds. The normalized spacial score (nSPS) is 26.2. The molecule has 2 aliphatic heterocycles. The quantitative estimate of drug-likeness (QED) is 0.747. The summed E-state index contributed by atoms with van der Waals surface area (Å²) in [6.45, 7) is 5.33. The Kier molecular flexibility index (Phi) is 4.18. The van der Waals surface area contributed by atoms with Crippen molar-refractivity contribution < 1.29 is 4.79 Å². The Morgan fingerprint density at radius 1 is 1.38 bits per heavy atom. The molecule has 2 heterocycles. The second-order valence-electron chi connectivity index (χ2n) is 4.96. The predicted molar refractivity (Wildman–Crippen MR) is 64.3 cm³/mol. The summed E-state index contributed by atoms with van der Waals surface area (Å²) in [5.74, 6) is 0.275. The number of hydrogen-bond acceptors (Lipinski definition) is 3. The minimum absolute atomic E-state index is 0.0866. The van der Waals surface area contributed by atoms with Crippen molar-refractivity contribution in [3.8, 4) is 0 Å². The highest BCUT2D eigenvalue weighted by Crippen LogP contribution is 2.09. The standard InChI is InChI=1S/C12H23N3O/c1-14(9-10-15-7-2-3-8-15)12(16)11-5-4-6-13-11/h11,13H,2-10H2,1H3/t11-/m0/s1. The first-order chi connectivity index (χ1) is 7.77. The van der Waals surface area contributed by atoms with Gasteiger partial charge >= 0.3 is 0 Å². The van der Waals surface area contributed by atoms with Crippen molar-refractivity contribution in [2.75, 3.05) is 39.8 Å². The lowest BCUT2D eigenvalue weighted by Crippen LogP contribution is -2.44. The van der Waals surface area contributed by atoms with Gasteiger partial charge in [-0.25, -0.2) is 0 Å². The van der Waals surface area contributed by atoms with Gasteiger partial charge in [0.15, 0.2) is 0 Å². The minimum Gasteiger partial charge on any atom is -0.343 e. The zero-order chi connectivity index (χ0) is 11.4. The fourth-order valence-electron chi connectivity index (χ4n) is 2.57. The summed E-state index contributed by atoms with van der Waals surface area (Å²) in [7, 11) is 1.93. The predicted octanol–water partition coefficient (Wildman–Crippen LogP) is 0.293. The maximum Gasteiger partial charge on any atom is 0.239 e. The van der Waals surface area contributed by atoms with Crippen molar-refractivity contribution in [3.05, 3.63) is 0 Å². The van der Waals surface area contributed by atoms with Gasteiger partial charge < -0.3 is 15.1 Å². The Labute approximate surface area is 98.0 Å². The molecular formula is C12H23N3O. The second-order valence-corrected chi connectivity index (χ2v) is 4.96. The molecule has 16 heavy (non-hydrogen) atoms. The molecule has 0 aromatic carbocycles. The number of nitrogens with zero attached hydrogens (tertiary/aromatic N) is 2. The molecule has 0 bridgehead atoms. The van der Waals surface area contributed by atoms with Gasteiger partial charge in [-0.1, -0.05) is 0 Å². The van der Waals surface area contributed by atoms with Gasteiger partial charge in [-0.15, -0.1) is 0 Å². The molecule has 92 valence electrons. The minimum atomic E-state index is 0.0866. The third-order valence-corrected chi connectivity index (χ3v) is 3.68. The van der Waals surface area contributed by atoms with Crippen molar-refractivity contribution >= 4 is 5.91 Å². The van der Waals surface area contributed by atoms with Gasteiger partial charge in [-0.3, -0.25) is 4.79 Å². The molecule has 0 saturated carbocycles. The zero-order valence-electron chi connectivity index (χ0n) is 10.2. The molecule has 2 fully saturated rings. The number of amides is 1. The van der Waals surface area contributed by atoms with Crippen molar-refractivity contribution in [3.63, 3.8) is 0 Å². The summed E-state index contributed by atoms with van der Waals surface area (Å²) in [5.41, 5.74) is 0. The molecule has 4 heteroatoms. The molecule has 0 aromatic rings. The van der Waals surface area contributed by atoms with Crippen LogP contribution in [-0.4, -0.2) is 61.5 Å². The molecule has 2 rings (SSSR count). The molecule has 0 unspecified atom stereocenters. The van der Waals surface area contributed by atoms with Gasteiger partial charge in [0.1, 0.15) is 0 Å². The van der Waals surface area contributed by atoms with E-state index in [4.69, 9.17) is 0 Å². The smallest absolute Gasteiger partial charge is 0.239 e. The first-order valence-corrected chi connectivity index (χ1v) is 6.48. The van der Waals surface area contributed by atoms with Crippen LogP contribution in [0.4, 0.5) is 0 Å². The lowest BCUT2D eigenvalue weighted by molar-refractivity contribution is -0.131. The van der Waals surface area contributed by atoms with E-state index >= 15 is 0 Å². The van der Waals surface area contributed by atoms with Gasteiger partial charge in [0.05, 0.1) is 6.04 Å². The van der Waals surface area contributed by atoms with Crippen LogP contribution in [-0.2, 0) is 4.79 Å². The van der Waals surface area contributed by atoms with Gasteiger partial charge in [-0.05, 0) is 45.3 Å². The van der Waals surface area contributed by atoms with Crippen LogP contribution < -0.4 is 5.32 Å². The molecule has 0 aliphatic carbocycles. The third-order valence-electron chi connectivity index (χ3n) is 3.68. The molecule has 0 radical (unpaired) electrons. The summed E-state index contributed by atoms with van der Waals surface area (Å²) in [5, 5.41) is 3.26. The van der Waals surface area contributed by atoms with Crippen LogP contribution in [0.3, 0.4) is 0 Å². The van der Waals surface area contributed by atoms with Gasteiger partial charge in [0.25, 0.3) is 0 Å². The maximum absolute atomic E-state index is 12.0.